The number of alkyl halides is 3. The number of halogens is 3. The number of hydrogen-bond donors (Lipinski definition) is 1. The van der Waals surface area contributed by atoms with Crippen LogP contribution in [0.3, 0.4) is 0 Å². The van der Waals surface area contributed by atoms with Crippen molar-refractivity contribution in [2.45, 2.75) is 17.5 Å². The lowest BCUT2D eigenvalue weighted by Gasteiger charge is -2.17. The Morgan fingerprint density at radius 1 is 1.10 bits per heavy atom. The molecule has 0 atom stereocenters. The minimum Gasteiger partial charge on any atom is -0.452 e. The van der Waals surface area contributed by atoms with Crippen LogP contribution in [0.1, 0.15) is 21.5 Å². The van der Waals surface area contributed by atoms with Gasteiger partial charge in [0.25, 0.3) is 5.91 Å². The molecule has 0 spiro atoms. The molecule has 0 saturated carbocycles. The van der Waals surface area contributed by atoms with Crippen LogP contribution in [0.5, 0.6) is 0 Å². The van der Waals surface area contributed by atoms with Gasteiger partial charge in [0.15, 0.2) is 6.61 Å². The molecule has 1 heterocycles. The topological polar surface area (TPSA) is 107 Å². The number of nitrogens with zero attached hydrogens (tertiary/aromatic N) is 1. The largest absolute Gasteiger partial charge is 0.452 e. The molecule has 2 aromatic rings. The van der Waals surface area contributed by atoms with E-state index >= 15 is 0 Å². The number of sulfonamides is 1. The van der Waals surface area contributed by atoms with Crippen LogP contribution in [0.2, 0.25) is 0 Å². The minimum atomic E-state index is -4.52. The molecule has 0 aliphatic carbocycles. The molecular formula is C18H15F3N2O5S. The van der Waals surface area contributed by atoms with Gasteiger partial charge in [-0.25, -0.2) is 18.4 Å². The maximum atomic E-state index is 12.6. The van der Waals surface area contributed by atoms with Crippen LogP contribution in [0.15, 0.2) is 47.4 Å². The lowest BCUT2D eigenvalue weighted by molar-refractivity contribution is -0.137. The predicted molar refractivity (Wildman–Crippen MR) is 95.6 cm³/mol. The molecule has 0 unspecified atom stereocenters. The van der Waals surface area contributed by atoms with Gasteiger partial charge in [0.2, 0.25) is 10.0 Å². The average molecular weight is 428 g/mol. The number of nitrogens with two attached hydrogens (primary N) is 1. The zero-order valence-corrected chi connectivity index (χ0v) is 15.6. The van der Waals surface area contributed by atoms with E-state index in [1.807, 2.05) is 0 Å². The molecule has 0 bridgehead atoms. The third kappa shape index (κ3) is 4.57. The van der Waals surface area contributed by atoms with Crippen LogP contribution >= 0.6 is 0 Å². The summed E-state index contributed by atoms with van der Waals surface area (Å²) >= 11 is 0. The van der Waals surface area contributed by atoms with Crippen molar-refractivity contribution >= 4 is 27.6 Å². The van der Waals surface area contributed by atoms with Gasteiger partial charge in [0, 0.05) is 12.2 Å². The number of ether oxygens (including phenoxy) is 1. The summed E-state index contributed by atoms with van der Waals surface area (Å²) in [6.07, 6.45) is -4.12. The zero-order valence-electron chi connectivity index (χ0n) is 14.8. The lowest BCUT2D eigenvalue weighted by Crippen LogP contribution is -2.33. The first kappa shape index (κ1) is 20.8. The number of amides is 1. The first-order valence-electron chi connectivity index (χ1n) is 8.27. The highest BCUT2D eigenvalue weighted by molar-refractivity contribution is 7.89. The van der Waals surface area contributed by atoms with Gasteiger partial charge in [0.05, 0.1) is 16.0 Å². The third-order valence-electron chi connectivity index (χ3n) is 4.35. The third-order valence-corrected chi connectivity index (χ3v) is 5.26. The molecule has 1 amide bonds. The van der Waals surface area contributed by atoms with Gasteiger partial charge in [-0.1, -0.05) is 0 Å². The molecule has 1 aliphatic heterocycles. The van der Waals surface area contributed by atoms with Crippen molar-refractivity contribution < 1.29 is 35.9 Å². The summed E-state index contributed by atoms with van der Waals surface area (Å²) in [6, 6.07) is 7.53. The van der Waals surface area contributed by atoms with Crippen LogP contribution in [0.4, 0.5) is 18.9 Å². The number of carbonyl (C=O) groups is 2. The Balaban J connectivity index is 1.64. The Hall–Kier alpha value is -2.92. The number of hydrogen-bond acceptors (Lipinski definition) is 5. The first-order valence-corrected chi connectivity index (χ1v) is 9.82. The van der Waals surface area contributed by atoms with Crippen LogP contribution < -0.4 is 10.0 Å². The number of primary sulfonamides is 1. The molecule has 3 rings (SSSR count). The summed E-state index contributed by atoms with van der Waals surface area (Å²) in [5.74, 6) is -1.48. The molecular weight excluding hydrogens is 413 g/mol. The van der Waals surface area contributed by atoms with E-state index in [4.69, 9.17) is 9.88 Å². The van der Waals surface area contributed by atoms with E-state index in [0.717, 1.165) is 24.3 Å². The normalized spacial score (nSPS) is 13.9. The summed E-state index contributed by atoms with van der Waals surface area (Å²) in [6.45, 7) is -0.351. The van der Waals surface area contributed by atoms with E-state index in [1.165, 1.54) is 23.1 Å². The van der Waals surface area contributed by atoms with E-state index in [1.54, 1.807) is 0 Å². The minimum absolute atomic E-state index is 0.0701. The molecule has 29 heavy (non-hydrogen) atoms. The number of rotatable bonds is 4. The Kier molecular flexibility index (Phi) is 5.37. The van der Waals surface area contributed by atoms with Gasteiger partial charge >= 0.3 is 12.1 Å². The van der Waals surface area contributed by atoms with E-state index in [2.05, 4.69) is 0 Å². The Labute approximate surface area is 163 Å². The Morgan fingerprint density at radius 2 is 1.76 bits per heavy atom. The predicted octanol–water partition coefficient (Wildman–Crippen LogP) is 2.10. The summed E-state index contributed by atoms with van der Waals surface area (Å²) in [5.41, 5.74) is 0.0648. The van der Waals surface area contributed by atoms with Crippen LogP contribution in [-0.2, 0) is 32.2 Å². The van der Waals surface area contributed by atoms with Crippen molar-refractivity contribution in [3.63, 3.8) is 0 Å². The molecule has 0 fully saturated rings. The maximum absolute atomic E-state index is 12.6. The molecule has 7 nitrogen and oxygen atoms in total. The molecule has 2 aromatic carbocycles. The second-order valence-electron chi connectivity index (χ2n) is 6.28. The quantitative estimate of drug-likeness (QED) is 0.751. The second-order valence-corrected chi connectivity index (χ2v) is 7.84. The number of carbonyl (C=O) groups excluding carboxylic acids is 2. The van der Waals surface area contributed by atoms with Gasteiger partial charge in [-0.15, -0.1) is 0 Å². The maximum Gasteiger partial charge on any atom is 0.416 e. The standard InChI is InChI=1S/C18H15F3N2O5S/c19-18(20,21)13-3-1-11(2-4-13)17(25)28-10-16(24)23-8-7-12-9-14(29(22,26)27)5-6-15(12)23/h1-6,9H,7-8,10H2,(H2,22,26,27). The number of anilines is 1. The summed E-state index contributed by atoms with van der Waals surface area (Å²) in [4.78, 5) is 25.6. The average Bonchev–Trinajstić information content (AvgIpc) is 3.08. The van der Waals surface area contributed by atoms with Crippen molar-refractivity contribution in [1.29, 1.82) is 0 Å². The molecule has 0 saturated heterocycles. The van der Waals surface area contributed by atoms with Gasteiger partial charge in [-0.3, -0.25) is 4.79 Å². The van der Waals surface area contributed by atoms with E-state index in [-0.39, 0.29) is 17.0 Å². The van der Waals surface area contributed by atoms with Crippen LogP contribution in [0, 0.1) is 0 Å². The van der Waals surface area contributed by atoms with Gasteiger partial charge < -0.3 is 9.64 Å². The second kappa shape index (κ2) is 7.48. The lowest BCUT2D eigenvalue weighted by atomic mass is 10.1. The number of esters is 1. The molecule has 0 radical (unpaired) electrons. The van der Waals surface area contributed by atoms with E-state index < -0.39 is 40.2 Å². The van der Waals surface area contributed by atoms with Crippen molar-refractivity contribution in [2.24, 2.45) is 5.14 Å². The van der Waals surface area contributed by atoms with Crippen molar-refractivity contribution in [2.75, 3.05) is 18.1 Å². The molecule has 11 heteroatoms. The highest BCUT2D eigenvalue weighted by Crippen LogP contribution is 2.30. The fourth-order valence-corrected chi connectivity index (χ4v) is 3.46. The van der Waals surface area contributed by atoms with Gasteiger partial charge in [-0.2, -0.15) is 13.2 Å². The molecule has 1 aliphatic rings. The van der Waals surface area contributed by atoms with Crippen LogP contribution in [-0.4, -0.2) is 33.4 Å². The number of benzene rings is 2. The fraction of sp³-hybridized carbons (Fsp3) is 0.222. The SMILES string of the molecule is NS(=O)(=O)c1ccc2c(c1)CCN2C(=O)COC(=O)c1ccc(C(F)(F)F)cc1. The summed E-state index contributed by atoms with van der Waals surface area (Å²) < 4.78 is 65.4. The fourth-order valence-electron chi connectivity index (χ4n) is 2.90. The van der Waals surface area contributed by atoms with Crippen molar-refractivity contribution in [3.05, 3.63) is 59.2 Å². The Bertz CT molecular complexity index is 1070. The van der Waals surface area contributed by atoms with Crippen molar-refractivity contribution in [3.8, 4) is 0 Å². The number of fused-ring (bicyclic) bond motifs is 1. The molecule has 2 N–H and O–H groups in total. The highest BCUT2D eigenvalue weighted by Gasteiger charge is 2.30. The van der Waals surface area contributed by atoms with Crippen molar-refractivity contribution in [1.82, 2.24) is 0 Å². The van der Waals surface area contributed by atoms with Gasteiger partial charge in [0.1, 0.15) is 0 Å². The van der Waals surface area contributed by atoms with Gasteiger partial charge in [-0.05, 0) is 54.4 Å². The molecule has 0 aromatic heterocycles. The smallest absolute Gasteiger partial charge is 0.416 e. The monoisotopic (exact) mass is 428 g/mol. The zero-order chi connectivity index (χ0) is 21.4. The summed E-state index contributed by atoms with van der Waals surface area (Å²) in [5, 5.41) is 5.09. The highest BCUT2D eigenvalue weighted by atomic mass is 32.2. The van der Waals surface area contributed by atoms with Crippen LogP contribution in [0.25, 0.3) is 0 Å². The van der Waals surface area contributed by atoms with E-state index in [0.29, 0.717) is 17.7 Å². The van der Waals surface area contributed by atoms with E-state index in [9.17, 15) is 31.2 Å². The summed E-state index contributed by atoms with van der Waals surface area (Å²) in [7, 11) is -3.87. The first-order chi connectivity index (χ1) is 13.5. The molecule has 154 valence electrons. The Morgan fingerprint density at radius 3 is 2.34 bits per heavy atom.